The Morgan fingerprint density at radius 3 is 2.60 bits per heavy atom. The van der Waals surface area contributed by atoms with E-state index in [0.29, 0.717) is 15.2 Å². The van der Waals surface area contributed by atoms with Crippen molar-refractivity contribution < 1.29 is 19.1 Å². The molecule has 0 saturated heterocycles. The summed E-state index contributed by atoms with van der Waals surface area (Å²) in [6.07, 6.45) is 0. The first kappa shape index (κ1) is 19.7. The molecule has 0 aliphatic rings. The van der Waals surface area contributed by atoms with Crippen LogP contribution in [-0.4, -0.2) is 41.5 Å². The summed E-state index contributed by atoms with van der Waals surface area (Å²) < 4.78 is 11.7. The lowest BCUT2D eigenvalue weighted by atomic mass is 10.1. The molecule has 1 aromatic heterocycles. The van der Waals surface area contributed by atoms with E-state index in [0.717, 1.165) is 15.6 Å². The molecule has 0 bridgehead atoms. The minimum absolute atomic E-state index is 0.134. The summed E-state index contributed by atoms with van der Waals surface area (Å²) in [6.45, 7) is 3.78. The van der Waals surface area contributed by atoms with Gasteiger partial charge < -0.3 is 9.47 Å². The summed E-state index contributed by atoms with van der Waals surface area (Å²) in [6, 6.07) is 3.72. The van der Waals surface area contributed by atoms with Gasteiger partial charge >= 0.3 is 5.97 Å². The molecule has 0 unspecified atom stereocenters. The topological polar surface area (TPSA) is 90.4 Å². The highest BCUT2D eigenvalue weighted by Gasteiger charge is 2.11. The van der Waals surface area contributed by atoms with Crippen molar-refractivity contribution in [2.75, 3.05) is 24.8 Å². The van der Waals surface area contributed by atoms with Gasteiger partial charge in [-0.25, -0.2) is 0 Å². The van der Waals surface area contributed by atoms with Crippen molar-refractivity contribution in [3.63, 3.8) is 0 Å². The Morgan fingerprint density at radius 1 is 1.28 bits per heavy atom. The van der Waals surface area contributed by atoms with E-state index in [-0.39, 0.29) is 24.2 Å². The third-order valence-corrected chi connectivity index (χ3v) is 6.17. The molecule has 7 nitrogen and oxygen atoms in total. The second-order valence-corrected chi connectivity index (χ2v) is 7.94. The minimum Gasteiger partial charge on any atom is -0.484 e. The van der Waals surface area contributed by atoms with Crippen LogP contribution in [0.3, 0.4) is 0 Å². The zero-order chi connectivity index (χ0) is 18.4. The maximum absolute atomic E-state index is 12.0. The van der Waals surface area contributed by atoms with E-state index in [4.69, 9.17) is 4.74 Å². The molecule has 10 heteroatoms. The van der Waals surface area contributed by atoms with Crippen LogP contribution in [0.25, 0.3) is 0 Å². The molecule has 2 aromatic rings. The molecular weight excluding hydrogens is 430 g/mol. The first-order valence-electron chi connectivity index (χ1n) is 7.11. The number of hydrogen-bond acceptors (Lipinski definition) is 8. The van der Waals surface area contributed by atoms with Crippen molar-refractivity contribution in [3.8, 4) is 5.75 Å². The first-order chi connectivity index (χ1) is 11.9. The van der Waals surface area contributed by atoms with E-state index >= 15 is 0 Å². The summed E-state index contributed by atoms with van der Waals surface area (Å²) in [4.78, 5) is 23.0. The van der Waals surface area contributed by atoms with E-state index in [1.54, 1.807) is 0 Å². The van der Waals surface area contributed by atoms with E-state index in [1.807, 2.05) is 26.0 Å². The average molecular weight is 446 g/mol. The second-order valence-electron chi connectivity index (χ2n) is 4.95. The van der Waals surface area contributed by atoms with Crippen molar-refractivity contribution in [1.29, 1.82) is 0 Å². The van der Waals surface area contributed by atoms with Crippen molar-refractivity contribution in [2.45, 2.75) is 18.2 Å². The Morgan fingerprint density at radius 2 is 1.96 bits per heavy atom. The van der Waals surface area contributed by atoms with Gasteiger partial charge in [0.2, 0.25) is 5.13 Å². The molecule has 0 spiro atoms. The number of benzene rings is 1. The molecule has 1 aromatic carbocycles. The molecule has 0 aliphatic heterocycles. The molecular formula is C15H16BrN3O4S2. The fraction of sp³-hybridized carbons (Fsp3) is 0.333. The Kier molecular flexibility index (Phi) is 7.21. The normalized spacial score (nSPS) is 10.4. The Bertz CT molecular complexity index is 759. The van der Waals surface area contributed by atoms with Gasteiger partial charge in [-0.3, -0.25) is 14.9 Å². The van der Waals surface area contributed by atoms with Crippen LogP contribution in [-0.2, 0) is 14.3 Å². The van der Waals surface area contributed by atoms with Crippen molar-refractivity contribution >= 4 is 56.0 Å². The maximum atomic E-state index is 12.0. The quantitative estimate of drug-likeness (QED) is 0.397. The van der Waals surface area contributed by atoms with E-state index in [1.165, 1.54) is 30.2 Å². The molecule has 1 amide bonds. The average Bonchev–Trinajstić information content (AvgIpc) is 3.02. The smallest absolute Gasteiger partial charge is 0.316 e. The number of esters is 1. The van der Waals surface area contributed by atoms with E-state index < -0.39 is 0 Å². The number of thioether (sulfide) groups is 1. The SMILES string of the molecule is COC(=O)CSc1nnc(NC(=O)COc2cc(C)c(Br)c(C)c2)s1. The molecule has 1 N–H and O–H groups in total. The number of anilines is 1. The van der Waals surface area contributed by atoms with E-state index in [2.05, 4.69) is 36.2 Å². The zero-order valence-corrected chi connectivity index (χ0v) is 17.0. The number of carbonyl (C=O) groups is 2. The van der Waals surface area contributed by atoms with Gasteiger partial charge in [-0.2, -0.15) is 0 Å². The molecule has 0 fully saturated rings. The fourth-order valence-electron chi connectivity index (χ4n) is 1.79. The van der Waals surface area contributed by atoms with Crippen LogP contribution in [0.5, 0.6) is 5.75 Å². The Hall–Kier alpha value is -1.65. The number of aryl methyl sites for hydroxylation is 2. The number of halogens is 1. The third-order valence-electron chi connectivity index (χ3n) is 2.97. The van der Waals surface area contributed by atoms with Crippen LogP contribution in [0, 0.1) is 13.8 Å². The van der Waals surface area contributed by atoms with Gasteiger partial charge in [0.25, 0.3) is 5.91 Å². The van der Waals surface area contributed by atoms with Crippen LogP contribution < -0.4 is 10.1 Å². The number of amides is 1. The Labute approximate surface area is 161 Å². The lowest BCUT2D eigenvalue weighted by Gasteiger charge is -2.09. The highest BCUT2D eigenvalue weighted by molar-refractivity contribution is 9.10. The molecule has 0 atom stereocenters. The van der Waals surface area contributed by atoms with E-state index in [9.17, 15) is 9.59 Å². The van der Waals surface area contributed by atoms with Gasteiger partial charge in [-0.15, -0.1) is 10.2 Å². The van der Waals surface area contributed by atoms with Crippen LogP contribution in [0.4, 0.5) is 5.13 Å². The number of methoxy groups -OCH3 is 1. The van der Waals surface area contributed by atoms with Crippen LogP contribution >= 0.6 is 39.0 Å². The summed E-state index contributed by atoms with van der Waals surface area (Å²) in [5, 5.41) is 10.7. The molecule has 0 aliphatic carbocycles. The standard InChI is InChI=1S/C15H16BrN3O4S2/c1-8-4-10(5-9(2)13(8)16)23-6-11(20)17-14-18-19-15(25-14)24-7-12(21)22-3/h4-5H,6-7H2,1-3H3,(H,17,18,20). The lowest BCUT2D eigenvalue weighted by molar-refractivity contribution is -0.137. The highest BCUT2D eigenvalue weighted by atomic mass is 79.9. The zero-order valence-electron chi connectivity index (χ0n) is 13.8. The molecule has 1 heterocycles. The molecule has 25 heavy (non-hydrogen) atoms. The summed E-state index contributed by atoms with van der Waals surface area (Å²) in [5.74, 6) is 0.0860. The van der Waals surface area contributed by atoms with Crippen molar-refractivity contribution in [1.82, 2.24) is 10.2 Å². The molecule has 134 valence electrons. The first-order valence-corrected chi connectivity index (χ1v) is 9.71. The molecule has 2 rings (SSSR count). The van der Waals surface area contributed by atoms with Gasteiger partial charge in [-0.05, 0) is 37.1 Å². The summed E-state index contributed by atoms with van der Waals surface area (Å²) in [5.41, 5.74) is 2.07. The number of rotatable bonds is 7. The minimum atomic E-state index is -0.348. The number of nitrogens with one attached hydrogen (secondary N) is 1. The Balaban J connectivity index is 1.84. The lowest BCUT2D eigenvalue weighted by Crippen LogP contribution is -2.20. The third kappa shape index (κ3) is 5.98. The van der Waals surface area contributed by atoms with Gasteiger partial charge in [0.1, 0.15) is 5.75 Å². The monoisotopic (exact) mass is 445 g/mol. The predicted octanol–water partition coefficient (Wildman–Crippen LogP) is 3.20. The van der Waals surface area contributed by atoms with Gasteiger partial charge in [0.15, 0.2) is 10.9 Å². The number of hydrogen-bond donors (Lipinski definition) is 1. The number of ether oxygens (including phenoxy) is 2. The predicted molar refractivity (Wildman–Crippen MR) is 100 cm³/mol. The molecule has 0 radical (unpaired) electrons. The number of aromatic nitrogens is 2. The van der Waals surface area contributed by atoms with Crippen molar-refractivity contribution in [3.05, 3.63) is 27.7 Å². The van der Waals surface area contributed by atoms with Gasteiger partial charge in [-0.1, -0.05) is 39.0 Å². The highest BCUT2D eigenvalue weighted by Crippen LogP contribution is 2.27. The van der Waals surface area contributed by atoms with Crippen molar-refractivity contribution in [2.24, 2.45) is 0 Å². The fourth-order valence-corrected chi connectivity index (χ4v) is 3.62. The molecule has 0 saturated carbocycles. The van der Waals surface area contributed by atoms with Crippen LogP contribution in [0.1, 0.15) is 11.1 Å². The van der Waals surface area contributed by atoms with Crippen LogP contribution in [0.15, 0.2) is 20.9 Å². The second kappa shape index (κ2) is 9.16. The number of nitrogens with zero attached hydrogens (tertiary/aromatic N) is 2. The summed E-state index contributed by atoms with van der Waals surface area (Å²) in [7, 11) is 1.32. The largest absolute Gasteiger partial charge is 0.484 e. The maximum Gasteiger partial charge on any atom is 0.316 e. The van der Waals surface area contributed by atoms with Gasteiger partial charge in [0.05, 0.1) is 12.9 Å². The van der Waals surface area contributed by atoms with Gasteiger partial charge in [0, 0.05) is 4.47 Å². The van der Waals surface area contributed by atoms with Crippen LogP contribution in [0.2, 0.25) is 0 Å². The summed E-state index contributed by atoms with van der Waals surface area (Å²) >= 11 is 5.87. The number of carbonyl (C=O) groups excluding carboxylic acids is 2.